The van der Waals surface area contributed by atoms with Crippen molar-refractivity contribution in [3.05, 3.63) is 132 Å². The van der Waals surface area contributed by atoms with Crippen LogP contribution < -0.4 is 10.2 Å². The minimum absolute atomic E-state index is 0. The summed E-state index contributed by atoms with van der Waals surface area (Å²) in [5.41, 5.74) is 4.41. The minimum Gasteiger partial charge on any atom is -0.871 e. The summed E-state index contributed by atoms with van der Waals surface area (Å²) in [4.78, 5) is 0. The number of nitrogens with zero attached hydrogens (tertiary/aromatic N) is 4. The molecule has 0 saturated heterocycles. The van der Waals surface area contributed by atoms with Crippen LogP contribution in [0.15, 0.2) is 142 Å². The van der Waals surface area contributed by atoms with E-state index in [0.717, 1.165) is 44.0 Å². The molecule has 0 bridgehead atoms. The second-order valence-corrected chi connectivity index (χ2v) is 9.24. The van der Waals surface area contributed by atoms with Crippen molar-refractivity contribution in [1.29, 1.82) is 0 Å². The molecule has 0 N–H and O–H groups in total. The van der Waals surface area contributed by atoms with Gasteiger partial charge in [-0.15, -0.1) is 0 Å². The average Bonchev–Trinajstić information content (AvgIpc) is 2.98. The molecule has 7 heteroatoms. The van der Waals surface area contributed by atoms with Gasteiger partial charge in [-0.2, -0.15) is 20.5 Å². The SMILES string of the molecule is Cc1ccccc1N=Nc1c([O-])ccc2ccccc12.Cc1ccccc1N=Nc1c([O-])ccc2ccccc12.[Pd+2]. The zero-order valence-corrected chi connectivity index (χ0v) is 24.0. The third kappa shape index (κ3) is 6.90. The van der Waals surface area contributed by atoms with E-state index in [2.05, 4.69) is 20.5 Å². The Kier molecular flexibility index (Phi) is 9.70. The molecule has 0 atom stereocenters. The van der Waals surface area contributed by atoms with Crippen LogP contribution in [0.5, 0.6) is 11.5 Å². The Balaban J connectivity index is 0.000000184. The van der Waals surface area contributed by atoms with Gasteiger partial charge < -0.3 is 10.2 Å². The van der Waals surface area contributed by atoms with E-state index >= 15 is 0 Å². The van der Waals surface area contributed by atoms with Crippen molar-refractivity contribution in [2.45, 2.75) is 13.8 Å². The molecule has 0 fully saturated rings. The summed E-state index contributed by atoms with van der Waals surface area (Å²) < 4.78 is 0. The van der Waals surface area contributed by atoms with E-state index < -0.39 is 0 Å². The van der Waals surface area contributed by atoms with Crippen molar-refractivity contribution in [2.24, 2.45) is 20.5 Å². The molecule has 0 spiro atoms. The molecule has 0 aromatic heterocycles. The van der Waals surface area contributed by atoms with E-state index in [9.17, 15) is 10.2 Å². The van der Waals surface area contributed by atoms with E-state index in [0.29, 0.717) is 11.4 Å². The Morgan fingerprint density at radius 1 is 0.415 bits per heavy atom. The third-order valence-electron chi connectivity index (χ3n) is 6.47. The van der Waals surface area contributed by atoms with E-state index in [1.165, 1.54) is 12.1 Å². The van der Waals surface area contributed by atoms with E-state index in [4.69, 9.17) is 0 Å². The molecule has 0 saturated carbocycles. The van der Waals surface area contributed by atoms with Crippen LogP contribution in [-0.4, -0.2) is 0 Å². The Morgan fingerprint density at radius 2 is 0.780 bits per heavy atom. The second kappa shape index (κ2) is 13.6. The van der Waals surface area contributed by atoms with Gasteiger partial charge in [0.2, 0.25) is 0 Å². The Morgan fingerprint density at radius 3 is 1.20 bits per heavy atom. The van der Waals surface area contributed by atoms with Gasteiger partial charge in [0.05, 0.1) is 22.7 Å². The van der Waals surface area contributed by atoms with Gasteiger partial charge in [0, 0.05) is 10.8 Å². The van der Waals surface area contributed by atoms with Crippen LogP contribution in [0.25, 0.3) is 21.5 Å². The van der Waals surface area contributed by atoms with Crippen LogP contribution in [-0.2, 0) is 20.4 Å². The van der Waals surface area contributed by atoms with E-state index in [1.54, 1.807) is 0 Å². The molecule has 0 unspecified atom stereocenters. The van der Waals surface area contributed by atoms with Gasteiger partial charge in [0.15, 0.2) is 0 Å². The van der Waals surface area contributed by atoms with Crippen molar-refractivity contribution in [1.82, 2.24) is 0 Å². The largest absolute Gasteiger partial charge is 2.00 e. The van der Waals surface area contributed by atoms with Gasteiger partial charge in [-0.1, -0.05) is 121 Å². The molecule has 6 aromatic carbocycles. The summed E-state index contributed by atoms with van der Waals surface area (Å²) in [5, 5.41) is 44.4. The smallest absolute Gasteiger partial charge is 0.871 e. The molecule has 0 amide bonds. The summed E-state index contributed by atoms with van der Waals surface area (Å²) in [6, 6.07) is 37.5. The molecular weight excluding hydrogens is 603 g/mol. The van der Waals surface area contributed by atoms with Crippen molar-refractivity contribution in [2.75, 3.05) is 0 Å². The maximum Gasteiger partial charge on any atom is 2.00 e. The maximum absolute atomic E-state index is 12.0. The van der Waals surface area contributed by atoms with Gasteiger partial charge in [-0.05, 0) is 47.9 Å². The molecule has 0 radical (unpaired) electrons. The topological polar surface area (TPSA) is 95.6 Å². The van der Waals surface area contributed by atoms with Crippen molar-refractivity contribution in [3.63, 3.8) is 0 Å². The molecular formula is C34H26N4O2Pd. The summed E-state index contributed by atoms with van der Waals surface area (Å²) >= 11 is 0. The van der Waals surface area contributed by atoms with Gasteiger partial charge in [0.25, 0.3) is 0 Å². The first-order valence-corrected chi connectivity index (χ1v) is 12.8. The molecule has 6 nitrogen and oxygen atoms in total. The van der Waals surface area contributed by atoms with Crippen LogP contribution in [0, 0.1) is 13.8 Å². The van der Waals surface area contributed by atoms with Gasteiger partial charge >= 0.3 is 20.4 Å². The van der Waals surface area contributed by atoms with Gasteiger partial charge in [-0.25, -0.2) is 0 Å². The fraction of sp³-hybridized carbons (Fsp3) is 0.0588. The fourth-order valence-corrected chi connectivity index (χ4v) is 4.24. The number of hydrogen-bond acceptors (Lipinski definition) is 6. The molecule has 204 valence electrons. The van der Waals surface area contributed by atoms with Crippen molar-refractivity contribution >= 4 is 44.3 Å². The zero-order chi connectivity index (χ0) is 27.9. The first kappa shape index (κ1) is 29.3. The molecule has 6 rings (SSSR count). The number of benzene rings is 6. The van der Waals surface area contributed by atoms with Crippen molar-refractivity contribution < 1.29 is 30.6 Å². The zero-order valence-electron chi connectivity index (χ0n) is 22.5. The fourth-order valence-electron chi connectivity index (χ4n) is 4.24. The molecule has 6 aromatic rings. The van der Waals surface area contributed by atoms with E-state index in [-0.39, 0.29) is 31.9 Å². The number of aryl methyl sites for hydroxylation is 2. The predicted octanol–water partition coefficient (Wildman–Crippen LogP) is 9.27. The second-order valence-electron chi connectivity index (χ2n) is 9.24. The summed E-state index contributed by atoms with van der Waals surface area (Å²) in [7, 11) is 0. The molecule has 0 aliphatic rings. The predicted molar refractivity (Wildman–Crippen MR) is 157 cm³/mol. The molecule has 0 aliphatic heterocycles. The first-order valence-electron chi connectivity index (χ1n) is 12.8. The van der Waals surface area contributed by atoms with Gasteiger partial charge in [-0.3, -0.25) is 0 Å². The Bertz CT molecular complexity index is 1730. The number of fused-ring (bicyclic) bond motifs is 2. The Labute approximate surface area is 252 Å². The van der Waals surface area contributed by atoms with Crippen molar-refractivity contribution in [3.8, 4) is 11.5 Å². The quantitative estimate of drug-likeness (QED) is 0.144. The summed E-state index contributed by atoms with van der Waals surface area (Å²) in [5.74, 6) is -0.220. The normalized spacial score (nSPS) is 11.0. The average molecular weight is 629 g/mol. The number of hydrogen-bond donors (Lipinski definition) is 0. The summed E-state index contributed by atoms with van der Waals surface area (Å²) in [6.45, 7) is 3.94. The van der Waals surface area contributed by atoms with E-state index in [1.807, 2.05) is 123 Å². The standard InChI is InChI=1S/2C17H14N2O.Pd/c2*1-12-6-2-5-9-15(12)18-19-17-14-8-4-3-7-13(14)10-11-16(17)20;/h2*2-11,20H,1H3;/q;;+2/p-2. The van der Waals surface area contributed by atoms with Gasteiger partial charge in [0.1, 0.15) is 0 Å². The monoisotopic (exact) mass is 628 g/mol. The Hall–Kier alpha value is -4.70. The summed E-state index contributed by atoms with van der Waals surface area (Å²) in [6.07, 6.45) is 0. The molecule has 0 aliphatic carbocycles. The van der Waals surface area contributed by atoms with Crippen LogP contribution in [0.1, 0.15) is 11.1 Å². The van der Waals surface area contributed by atoms with Crippen LogP contribution >= 0.6 is 0 Å². The maximum atomic E-state index is 12.0. The minimum atomic E-state index is -0.110. The first-order chi connectivity index (χ1) is 19.5. The molecule has 0 heterocycles. The third-order valence-corrected chi connectivity index (χ3v) is 6.47. The molecule has 41 heavy (non-hydrogen) atoms. The van der Waals surface area contributed by atoms with Crippen LogP contribution in [0.4, 0.5) is 22.7 Å². The van der Waals surface area contributed by atoms with Crippen LogP contribution in [0.2, 0.25) is 0 Å². The number of rotatable bonds is 4. The number of azo groups is 2. The van der Waals surface area contributed by atoms with Crippen LogP contribution in [0.3, 0.4) is 0 Å².